The molecule has 30 heavy (non-hydrogen) atoms. The van der Waals surface area contributed by atoms with Crippen LogP contribution in [0.25, 0.3) is 0 Å². The molecule has 0 saturated carbocycles. The van der Waals surface area contributed by atoms with E-state index in [0.717, 1.165) is 0 Å². The van der Waals surface area contributed by atoms with Crippen LogP contribution in [-0.2, 0) is 9.53 Å². The van der Waals surface area contributed by atoms with Gasteiger partial charge in [-0.05, 0) is 68.8 Å². The summed E-state index contributed by atoms with van der Waals surface area (Å²) in [5.41, 5.74) is 2.21. The molecule has 0 aliphatic heterocycles. The van der Waals surface area contributed by atoms with E-state index >= 15 is 0 Å². The molecule has 0 fully saturated rings. The van der Waals surface area contributed by atoms with E-state index in [1.54, 1.807) is 32.9 Å². The van der Waals surface area contributed by atoms with Gasteiger partial charge in [0.15, 0.2) is 18.1 Å². The number of hydrazone groups is 1. The number of nitrogens with one attached hydrogen (secondary N) is 1. The summed E-state index contributed by atoms with van der Waals surface area (Å²) in [7, 11) is 1.42. The molecule has 8 nitrogen and oxygen atoms in total. The number of halogens is 1. The van der Waals surface area contributed by atoms with E-state index in [-0.39, 0.29) is 18.1 Å². The molecule has 2 rings (SSSR count). The smallest absolute Gasteiger partial charge is 0.493 e. The van der Waals surface area contributed by atoms with Gasteiger partial charge in [-0.25, -0.2) is 14.6 Å². The Labute approximate surface area is 173 Å². The van der Waals surface area contributed by atoms with Crippen LogP contribution in [0.2, 0.25) is 0 Å². The van der Waals surface area contributed by atoms with E-state index in [2.05, 4.69) is 10.5 Å². The van der Waals surface area contributed by atoms with Crippen molar-refractivity contribution in [3.63, 3.8) is 0 Å². The van der Waals surface area contributed by atoms with Gasteiger partial charge >= 0.3 is 6.16 Å². The van der Waals surface area contributed by atoms with Gasteiger partial charge in [-0.3, -0.25) is 4.79 Å². The summed E-state index contributed by atoms with van der Waals surface area (Å²) in [6.07, 6.45) is 0.533. The van der Waals surface area contributed by atoms with Crippen LogP contribution >= 0.6 is 0 Å². The lowest BCUT2D eigenvalue weighted by Gasteiger charge is -2.19. The molecule has 0 bridgehead atoms. The van der Waals surface area contributed by atoms with Gasteiger partial charge in [-0.1, -0.05) is 0 Å². The average molecular weight is 418 g/mol. The minimum atomic E-state index is -0.851. The predicted octanol–water partition coefficient (Wildman–Crippen LogP) is 3.68. The Morgan fingerprint density at radius 3 is 2.43 bits per heavy atom. The van der Waals surface area contributed by atoms with Crippen LogP contribution in [0.4, 0.5) is 9.18 Å². The van der Waals surface area contributed by atoms with Crippen LogP contribution < -0.4 is 19.6 Å². The zero-order chi connectivity index (χ0) is 22.1. The maximum Gasteiger partial charge on any atom is 0.514 e. The Balaban J connectivity index is 1.89. The normalized spacial score (nSPS) is 11.1. The first-order valence-electron chi connectivity index (χ1n) is 8.95. The van der Waals surface area contributed by atoms with Crippen LogP contribution in [0.3, 0.4) is 0 Å². The molecule has 0 aliphatic rings. The fourth-order valence-electron chi connectivity index (χ4n) is 2.10. The number of ether oxygens (including phenoxy) is 4. The number of hydrogen-bond acceptors (Lipinski definition) is 7. The second-order valence-electron chi connectivity index (χ2n) is 7.01. The molecule has 0 heterocycles. The molecule has 2 aromatic rings. The topological polar surface area (TPSA) is 95.5 Å². The summed E-state index contributed by atoms with van der Waals surface area (Å²) >= 11 is 0. The SMILES string of the molecule is COc1cc(/C=N/NC(=O)COc2ccc(F)cc2)ccc1OC(=O)OC(C)(C)C. The maximum atomic E-state index is 12.8. The second kappa shape index (κ2) is 10.2. The van der Waals surface area contributed by atoms with Gasteiger partial charge < -0.3 is 18.9 Å². The third-order valence-electron chi connectivity index (χ3n) is 3.36. The molecule has 0 aromatic heterocycles. The fraction of sp³-hybridized carbons (Fsp3) is 0.286. The van der Waals surface area contributed by atoms with Crippen LogP contribution in [0.1, 0.15) is 26.3 Å². The summed E-state index contributed by atoms with van der Waals surface area (Å²) in [6.45, 7) is 4.90. The molecule has 2 aromatic carbocycles. The second-order valence-corrected chi connectivity index (χ2v) is 7.01. The average Bonchev–Trinajstić information content (AvgIpc) is 2.67. The Kier molecular flexibility index (Phi) is 7.74. The van der Waals surface area contributed by atoms with Gasteiger partial charge in [0, 0.05) is 0 Å². The number of carbonyl (C=O) groups excluding carboxylic acids is 2. The number of nitrogens with zero attached hydrogens (tertiary/aromatic N) is 1. The van der Waals surface area contributed by atoms with Crippen LogP contribution in [0.5, 0.6) is 17.2 Å². The van der Waals surface area contributed by atoms with Crippen LogP contribution in [0.15, 0.2) is 47.6 Å². The quantitative estimate of drug-likeness (QED) is 0.319. The van der Waals surface area contributed by atoms with Crippen LogP contribution in [0, 0.1) is 5.82 Å². The molecule has 0 atom stereocenters. The molecule has 9 heteroatoms. The lowest BCUT2D eigenvalue weighted by Crippen LogP contribution is -2.26. The highest BCUT2D eigenvalue weighted by molar-refractivity contribution is 5.84. The molecular formula is C21H23FN2O6. The highest BCUT2D eigenvalue weighted by Gasteiger charge is 2.19. The minimum absolute atomic E-state index is 0.181. The first-order valence-corrected chi connectivity index (χ1v) is 8.95. The summed E-state index contributed by atoms with van der Waals surface area (Å²) in [5.74, 6) is -0.0565. The van der Waals surface area contributed by atoms with Crippen molar-refractivity contribution in [2.45, 2.75) is 26.4 Å². The molecule has 160 valence electrons. The number of benzene rings is 2. The van der Waals surface area contributed by atoms with Gasteiger partial charge in [0.2, 0.25) is 0 Å². The molecule has 1 amide bonds. The number of rotatable bonds is 7. The maximum absolute atomic E-state index is 12.8. The molecule has 0 spiro atoms. The Morgan fingerprint density at radius 1 is 1.10 bits per heavy atom. The summed E-state index contributed by atoms with van der Waals surface area (Å²) in [4.78, 5) is 23.6. The molecule has 0 saturated heterocycles. The van der Waals surface area contributed by atoms with Crippen molar-refractivity contribution in [3.05, 3.63) is 53.8 Å². The highest BCUT2D eigenvalue weighted by Crippen LogP contribution is 2.28. The van der Waals surface area contributed by atoms with Gasteiger partial charge in [-0.15, -0.1) is 0 Å². The molecule has 1 N–H and O–H groups in total. The Morgan fingerprint density at radius 2 is 1.80 bits per heavy atom. The zero-order valence-electron chi connectivity index (χ0n) is 17.1. The van der Waals surface area contributed by atoms with Crippen molar-refractivity contribution in [1.82, 2.24) is 5.43 Å². The standard InChI is InChI=1S/C21H23FN2O6/c1-21(2,3)30-20(26)29-17-10-5-14(11-18(17)27-4)12-23-24-19(25)13-28-16-8-6-15(22)7-9-16/h5-12H,13H2,1-4H3,(H,24,25)/b23-12+. The van der Waals surface area contributed by atoms with Crippen molar-refractivity contribution in [2.75, 3.05) is 13.7 Å². The number of methoxy groups -OCH3 is 1. The summed E-state index contributed by atoms with van der Waals surface area (Å²) in [6, 6.07) is 10.0. The van der Waals surface area contributed by atoms with E-state index < -0.39 is 23.5 Å². The van der Waals surface area contributed by atoms with E-state index in [4.69, 9.17) is 18.9 Å². The molecular weight excluding hydrogens is 395 g/mol. The third kappa shape index (κ3) is 7.78. The van der Waals surface area contributed by atoms with Crippen molar-refractivity contribution in [3.8, 4) is 17.2 Å². The third-order valence-corrected chi connectivity index (χ3v) is 3.36. The Hall–Kier alpha value is -3.62. The van der Waals surface area contributed by atoms with Crippen molar-refractivity contribution in [1.29, 1.82) is 0 Å². The first kappa shape index (κ1) is 22.7. The van der Waals surface area contributed by atoms with Crippen molar-refractivity contribution >= 4 is 18.3 Å². The highest BCUT2D eigenvalue weighted by atomic mass is 19.1. The van der Waals surface area contributed by atoms with E-state index in [1.807, 2.05) is 0 Å². The minimum Gasteiger partial charge on any atom is -0.493 e. The molecule has 0 aliphatic carbocycles. The lowest BCUT2D eigenvalue weighted by atomic mass is 10.2. The fourth-order valence-corrected chi connectivity index (χ4v) is 2.10. The number of carbonyl (C=O) groups is 2. The summed E-state index contributed by atoms with van der Waals surface area (Å²) < 4.78 is 33.5. The van der Waals surface area contributed by atoms with Gasteiger partial charge in [-0.2, -0.15) is 5.10 Å². The summed E-state index contributed by atoms with van der Waals surface area (Å²) in [5, 5.41) is 3.83. The van der Waals surface area contributed by atoms with Gasteiger partial charge in [0.05, 0.1) is 13.3 Å². The van der Waals surface area contributed by atoms with E-state index in [9.17, 15) is 14.0 Å². The van der Waals surface area contributed by atoms with Gasteiger partial charge in [0.25, 0.3) is 5.91 Å². The largest absolute Gasteiger partial charge is 0.514 e. The molecule has 0 radical (unpaired) electrons. The monoisotopic (exact) mass is 418 g/mol. The predicted molar refractivity (Wildman–Crippen MR) is 107 cm³/mol. The Bertz CT molecular complexity index is 907. The zero-order valence-corrected chi connectivity index (χ0v) is 17.1. The van der Waals surface area contributed by atoms with E-state index in [1.165, 1.54) is 43.7 Å². The van der Waals surface area contributed by atoms with Crippen LogP contribution in [-0.4, -0.2) is 37.6 Å². The van der Waals surface area contributed by atoms with Gasteiger partial charge in [0.1, 0.15) is 17.2 Å². The number of amides is 1. The molecule has 0 unspecified atom stereocenters. The first-order chi connectivity index (χ1) is 14.2. The van der Waals surface area contributed by atoms with Crippen molar-refractivity contribution in [2.24, 2.45) is 5.10 Å². The lowest BCUT2D eigenvalue weighted by molar-refractivity contribution is -0.123. The van der Waals surface area contributed by atoms with E-state index in [0.29, 0.717) is 11.3 Å². The van der Waals surface area contributed by atoms with Crippen molar-refractivity contribution < 1.29 is 32.9 Å². The number of hydrogen-bond donors (Lipinski definition) is 1.